The molecule has 1 aromatic heterocycles. The van der Waals surface area contributed by atoms with Crippen LogP contribution in [0.4, 0.5) is 0 Å². The molecule has 3 rings (SSSR count). The SMILES string of the molecule is O=Cc1ccc(OCCCCCc2ccccc2)c2ccoc12. The fourth-order valence-corrected chi connectivity index (χ4v) is 2.71. The molecule has 0 spiro atoms. The van der Waals surface area contributed by atoms with E-state index in [9.17, 15) is 4.79 Å². The van der Waals surface area contributed by atoms with Crippen molar-refractivity contribution >= 4 is 17.3 Å². The number of hydrogen-bond donors (Lipinski definition) is 0. The van der Waals surface area contributed by atoms with Gasteiger partial charge in [-0.25, -0.2) is 0 Å². The van der Waals surface area contributed by atoms with Gasteiger partial charge >= 0.3 is 0 Å². The number of rotatable bonds is 8. The normalized spacial score (nSPS) is 10.8. The number of aldehydes is 1. The molecule has 0 radical (unpaired) electrons. The molecular weight excluding hydrogens is 288 g/mol. The summed E-state index contributed by atoms with van der Waals surface area (Å²) in [7, 11) is 0. The maximum Gasteiger partial charge on any atom is 0.153 e. The van der Waals surface area contributed by atoms with Crippen molar-refractivity contribution in [2.45, 2.75) is 25.7 Å². The second-order valence-electron chi connectivity index (χ2n) is 5.58. The van der Waals surface area contributed by atoms with Crippen LogP contribution in [0.1, 0.15) is 35.2 Å². The molecule has 0 fully saturated rings. The predicted octanol–water partition coefficient (Wildman–Crippen LogP) is 5.04. The van der Waals surface area contributed by atoms with Crippen molar-refractivity contribution in [1.82, 2.24) is 0 Å². The van der Waals surface area contributed by atoms with E-state index < -0.39 is 0 Å². The minimum atomic E-state index is 0.556. The van der Waals surface area contributed by atoms with Gasteiger partial charge in [0.1, 0.15) is 11.3 Å². The molecule has 2 aromatic carbocycles. The Labute approximate surface area is 135 Å². The number of fused-ring (bicyclic) bond motifs is 1. The average molecular weight is 308 g/mol. The second-order valence-corrected chi connectivity index (χ2v) is 5.58. The Bertz CT molecular complexity index is 759. The van der Waals surface area contributed by atoms with E-state index in [4.69, 9.17) is 9.15 Å². The van der Waals surface area contributed by atoms with Gasteiger partial charge in [-0.2, -0.15) is 0 Å². The Morgan fingerprint density at radius 1 is 0.957 bits per heavy atom. The van der Waals surface area contributed by atoms with Crippen LogP contribution in [-0.2, 0) is 6.42 Å². The highest BCUT2D eigenvalue weighted by Gasteiger charge is 2.09. The lowest BCUT2D eigenvalue weighted by Crippen LogP contribution is -1.98. The number of ether oxygens (including phenoxy) is 1. The molecule has 23 heavy (non-hydrogen) atoms. The second kappa shape index (κ2) is 7.63. The zero-order chi connectivity index (χ0) is 15.9. The topological polar surface area (TPSA) is 39.4 Å². The number of benzene rings is 2. The highest BCUT2D eigenvalue weighted by Crippen LogP contribution is 2.29. The van der Waals surface area contributed by atoms with Crippen LogP contribution in [0.2, 0.25) is 0 Å². The van der Waals surface area contributed by atoms with Gasteiger partial charge in [0.25, 0.3) is 0 Å². The Balaban J connectivity index is 1.46. The summed E-state index contributed by atoms with van der Waals surface area (Å²) in [5, 5.41) is 0.860. The first-order chi connectivity index (χ1) is 11.4. The summed E-state index contributed by atoms with van der Waals surface area (Å²) < 4.78 is 11.2. The Morgan fingerprint density at radius 3 is 2.65 bits per heavy atom. The first-order valence-corrected chi connectivity index (χ1v) is 8.00. The van der Waals surface area contributed by atoms with Crippen molar-refractivity contribution in [3.05, 3.63) is 65.9 Å². The van der Waals surface area contributed by atoms with Crippen LogP contribution in [0.25, 0.3) is 11.0 Å². The molecule has 0 N–H and O–H groups in total. The molecule has 0 unspecified atom stereocenters. The molecule has 3 aromatic rings. The highest BCUT2D eigenvalue weighted by molar-refractivity contribution is 5.97. The first-order valence-electron chi connectivity index (χ1n) is 8.00. The molecule has 0 atom stereocenters. The van der Waals surface area contributed by atoms with E-state index in [0.29, 0.717) is 17.8 Å². The van der Waals surface area contributed by atoms with Crippen molar-refractivity contribution in [1.29, 1.82) is 0 Å². The summed E-state index contributed by atoms with van der Waals surface area (Å²) in [6.07, 6.45) is 6.82. The van der Waals surface area contributed by atoms with Gasteiger partial charge in [-0.1, -0.05) is 30.3 Å². The summed E-state index contributed by atoms with van der Waals surface area (Å²) >= 11 is 0. The lowest BCUT2D eigenvalue weighted by Gasteiger charge is -2.08. The van der Waals surface area contributed by atoms with Crippen LogP contribution < -0.4 is 4.74 Å². The molecule has 0 aliphatic carbocycles. The van der Waals surface area contributed by atoms with Crippen LogP contribution in [0.3, 0.4) is 0 Å². The van der Waals surface area contributed by atoms with Crippen LogP contribution in [-0.4, -0.2) is 12.9 Å². The number of hydrogen-bond acceptors (Lipinski definition) is 3. The number of unbranched alkanes of at least 4 members (excludes halogenated alkanes) is 2. The van der Waals surface area contributed by atoms with E-state index in [1.54, 1.807) is 12.3 Å². The van der Waals surface area contributed by atoms with E-state index in [1.165, 1.54) is 12.0 Å². The van der Waals surface area contributed by atoms with Gasteiger partial charge in [-0.3, -0.25) is 4.79 Å². The molecule has 1 heterocycles. The van der Waals surface area contributed by atoms with Gasteiger partial charge in [-0.15, -0.1) is 0 Å². The standard InChI is InChI=1S/C20H20O3/c21-15-17-10-11-19(18-12-14-23-20(17)18)22-13-6-2-5-9-16-7-3-1-4-8-16/h1,3-4,7-8,10-12,14-15H,2,5-6,9,13H2. The lowest BCUT2D eigenvalue weighted by atomic mass is 10.1. The van der Waals surface area contributed by atoms with Gasteiger partial charge in [0.2, 0.25) is 0 Å². The van der Waals surface area contributed by atoms with E-state index in [0.717, 1.165) is 36.7 Å². The number of furan rings is 1. The van der Waals surface area contributed by atoms with Gasteiger partial charge in [0.05, 0.1) is 23.8 Å². The van der Waals surface area contributed by atoms with Crippen LogP contribution >= 0.6 is 0 Å². The Kier molecular flexibility index (Phi) is 5.09. The molecule has 118 valence electrons. The summed E-state index contributed by atoms with van der Waals surface area (Å²) in [6.45, 7) is 0.676. The molecule has 0 bridgehead atoms. The molecule has 0 amide bonds. The number of carbonyl (C=O) groups excluding carboxylic acids is 1. The maximum absolute atomic E-state index is 11.0. The van der Waals surface area contributed by atoms with Crippen molar-refractivity contribution < 1.29 is 13.9 Å². The molecule has 3 nitrogen and oxygen atoms in total. The third-order valence-electron chi connectivity index (χ3n) is 3.94. The maximum atomic E-state index is 11.0. The quantitative estimate of drug-likeness (QED) is 0.432. The molecular formula is C20H20O3. The minimum absolute atomic E-state index is 0.556. The third kappa shape index (κ3) is 3.81. The van der Waals surface area contributed by atoms with Gasteiger partial charge in [0, 0.05) is 0 Å². The van der Waals surface area contributed by atoms with E-state index in [1.807, 2.05) is 18.2 Å². The summed E-state index contributed by atoms with van der Waals surface area (Å²) in [4.78, 5) is 11.0. The van der Waals surface area contributed by atoms with Gasteiger partial charge < -0.3 is 9.15 Å². The number of aryl methyl sites for hydroxylation is 1. The number of carbonyl (C=O) groups is 1. The highest BCUT2D eigenvalue weighted by atomic mass is 16.5. The van der Waals surface area contributed by atoms with Gasteiger partial charge in [0.15, 0.2) is 6.29 Å². The molecule has 0 saturated heterocycles. The zero-order valence-electron chi connectivity index (χ0n) is 13.0. The summed E-state index contributed by atoms with van der Waals surface area (Å²) in [5.41, 5.74) is 2.54. The first kappa shape index (κ1) is 15.3. The van der Waals surface area contributed by atoms with Crippen molar-refractivity contribution in [2.24, 2.45) is 0 Å². The zero-order valence-corrected chi connectivity index (χ0v) is 13.0. The fraction of sp³-hybridized carbons (Fsp3) is 0.250. The lowest BCUT2D eigenvalue weighted by molar-refractivity contribution is 0.112. The van der Waals surface area contributed by atoms with Crippen molar-refractivity contribution in [3.8, 4) is 5.75 Å². The van der Waals surface area contributed by atoms with E-state index in [2.05, 4.69) is 24.3 Å². The van der Waals surface area contributed by atoms with Crippen LogP contribution in [0.5, 0.6) is 5.75 Å². The summed E-state index contributed by atoms with van der Waals surface area (Å²) in [5.74, 6) is 0.780. The third-order valence-corrected chi connectivity index (χ3v) is 3.94. The largest absolute Gasteiger partial charge is 0.493 e. The van der Waals surface area contributed by atoms with E-state index >= 15 is 0 Å². The smallest absolute Gasteiger partial charge is 0.153 e. The fourth-order valence-electron chi connectivity index (χ4n) is 2.71. The van der Waals surface area contributed by atoms with Gasteiger partial charge in [-0.05, 0) is 49.4 Å². The summed E-state index contributed by atoms with van der Waals surface area (Å²) in [6, 6.07) is 16.0. The Hall–Kier alpha value is -2.55. The van der Waals surface area contributed by atoms with Crippen LogP contribution in [0, 0.1) is 0 Å². The monoisotopic (exact) mass is 308 g/mol. The molecule has 0 aliphatic rings. The molecule has 0 saturated carbocycles. The molecule has 0 aliphatic heterocycles. The van der Waals surface area contributed by atoms with Crippen molar-refractivity contribution in [3.63, 3.8) is 0 Å². The van der Waals surface area contributed by atoms with Crippen molar-refractivity contribution in [2.75, 3.05) is 6.61 Å². The predicted molar refractivity (Wildman–Crippen MR) is 91.1 cm³/mol. The molecule has 3 heteroatoms. The van der Waals surface area contributed by atoms with E-state index in [-0.39, 0.29) is 0 Å². The Morgan fingerprint density at radius 2 is 1.83 bits per heavy atom. The minimum Gasteiger partial charge on any atom is -0.493 e. The average Bonchev–Trinajstić information content (AvgIpc) is 3.09. The van der Waals surface area contributed by atoms with Crippen LogP contribution in [0.15, 0.2) is 59.2 Å².